The van der Waals surface area contributed by atoms with Gasteiger partial charge in [0, 0.05) is 36.0 Å². The van der Waals surface area contributed by atoms with Gasteiger partial charge < -0.3 is 49.8 Å². The van der Waals surface area contributed by atoms with Crippen molar-refractivity contribution in [2.45, 2.75) is 101 Å². The third-order valence-electron chi connectivity index (χ3n) is 10.9. The molecule has 15 heteroatoms. The minimum atomic E-state index is -2.23. The van der Waals surface area contributed by atoms with Crippen LogP contribution >= 0.6 is 11.3 Å². The van der Waals surface area contributed by atoms with E-state index in [0.29, 0.717) is 4.88 Å². The third kappa shape index (κ3) is 5.39. The predicted molar refractivity (Wildman–Crippen MR) is 167 cm³/mol. The molecule has 4 aliphatic rings. The van der Waals surface area contributed by atoms with Gasteiger partial charge in [-0.05, 0) is 36.4 Å². The van der Waals surface area contributed by atoms with Crippen LogP contribution in [-0.4, -0.2) is 110 Å². The molecule has 5 rings (SSSR count). The van der Waals surface area contributed by atoms with E-state index in [-0.39, 0.29) is 30.8 Å². The molecule has 1 aliphatic heterocycles. The van der Waals surface area contributed by atoms with Crippen molar-refractivity contribution in [1.29, 1.82) is 0 Å². The molecule has 0 radical (unpaired) electrons. The molecule has 1 aromatic rings. The number of hydrogen-bond donors (Lipinski definition) is 6. The number of nitrogens with one attached hydrogen (secondary N) is 1. The molecule has 264 valence electrons. The summed E-state index contributed by atoms with van der Waals surface area (Å²) in [6, 6.07) is 1.93. The number of aliphatic hydroxyl groups excluding tert-OH is 3. The first-order valence-corrected chi connectivity index (χ1v) is 16.6. The van der Waals surface area contributed by atoms with E-state index < -0.39 is 101 Å². The third-order valence-corrected chi connectivity index (χ3v) is 11.9. The van der Waals surface area contributed by atoms with Crippen LogP contribution < -0.4 is 5.32 Å². The average Bonchev–Trinajstić information content (AvgIpc) is 3.55. The van der Waals surface area contributed by atoms with Gasteiger partial charge in [0.05, 0.1) is 24.2 Å². The molecule has 1 saturated heterocycles. The lowest BCUT2D eigenvalue weighted by Crippen LogP contribution is -2.81. The minimum Gasteiger partial charge on any atom is -0.459 e. The van der Waals surface area contributed by atoms with Gasteiger partial charge in [0.15, 0.2) is 11.9 Å². The molecular formula is C33H43NO13S. The number of rotatable bonds is 8. The first-order valence-electron chi connectivity index (χ1n) is 15.7. The monoisotopic (exact) mass is 693 g/mol. The number of amides is 1. The summed E-state index contributed by atoms with van der Waals surface area (Å²) in [5, 5.41) is 63.3. The lowest BCUT2D eigenvalue weighted by Gasteiger charge is -2.66. The van der Waals surface area contributed by atoms with E-state index in [0.717, 1.165) is 18.3 Å². The Kier molecular flexibility index (Phi) is 9.49. The maximum atomic E-state index is 14.4. The Balaban J connectivity index is 1.59. The number of fused-ring (bicyclic) bond motifs is 5. The Labute approximate surface area is 281 Å². The standard InChI is InChI=1S/C33H43NO13S/c1-7-10-44-29(41)34-22(18-9-8-11-48-18)24(38)28(40)47-17-13-33(43)27(46-16(3)35)25-31(6,19(36)12-20-32(25,42)14-45-20)26(39)23(37)21(15(17)2)30(33,4)5/h7-9,11,17,19-20,22-25,27,36-38,42-43H,1,10,12-14H2,2-6H3,(H,34,41)/t17-,19-,20+,22-,23+,24+,25-,27-,31+,32-,33+/m0/s1. The zero-order valence-corrected chi connectivity index (χ0v) is 28.2. The fourth-order valence-electron chi connectivity index (χ4n) is 8.22. The highest BCUT2D eigenvalue weighted by Gasteiger charge is 2.76. The molecule has 2 bridgehead atoms. The van der Waals surface area contributed by atoms with Crippen LogP contribution in [0.5, 0.6) is 0 Å². The summed E-state index contributed by atoms with van der Waals surface area (Å²) in [6.07, 6.45) is -9.60. The van der Waals surface area contributed by atoms with Gasteiger partial charge in [0.2, 0.25) is 0 Å². The van der Waals surface area contributed by atoms with Crippen molar-refractivity contribution in [3.63, 3.8) is 0 Å². The van der Waals surface area contributed by atoms with Gasteiger partial charge in [-0.25, -0.2) is 9.59 Å². The quantitative estimate of drug-likeness (QED) is 0.127. The van der Waals surface area contributed by atoms with Crippen LogP contribution in [0.15, 0.2) is 41.3 Å². The summed E-state index contributed by atoms with van der Waals surface area (Å²) >= 11 is 1.15. The molecule has 1 amide bonds. The molecule has 2 saturated carbocycles. The Morgan fingerprint density at radius 1 is 1.21 bits per heavy atom. The summed E-state index contributed by atoms with van der Waals surface area (Å²) in [5.41, 5.74) is -7.37. The average molecular weight is 694 g/mol. The Hall–Kier alpha value is -3.18. The fourth-order valence-corrected chi connectivity index (χ4v) is 9.03. The number of thiophene rings is 1. The van der Waals surface area contributed by atoms with Gasteiger partial charge in [-0.1, -0.05) is 32.6 Å². The van der Waals surface area contributed by atoms with Crippen LogP contribution in [-0.2, 0) is 33.3 Å². The van der Waals surface area contributed by atoms with Crippen LogP contribution in [0.4, 0.5) is 4.79 Å². The van der Waals surface area contributed by atoms with Gasteiger partial charge in [0.1, 0.15) is 42.2 Å². The summed E-state index contributed by atoms with van der Waals surface area (Å²) in [5.74, 6) is -4.41. The Morgan fingerprint density at radius 2 is 1.90 bits per heavy atom. The van der Waals surface area contributed by atoms with Crippen molar-refractivity contribution >= 4 is 35.2 Å². The lowest BCUT2D eigenvalue weighted by atomic mass is 9.45. The number of carbonyl (C=O) groups is 4. The van der Waals surface area contributed by atoms with Crippen molar-refractivity contribution < 1.29 is 63.7 Å². The van der Waals surface area contributed by atoms with Gasteiger partial charge in [-0.15, -0.1) is 11.3 Å². The van der Waals surface area contributed by atoms with Gasteiger partial charge >= 0.3 is 18.0 Å². The number of ketones is 1. The van der Waals surface area contributed by atoms with Gasteiger partial charge in [-0.2, -0.15) is 0 Å². The largest absolute Gasteiger partial charge is 0.459 e. The van der Waals surface area contributed by atoms with E-state index >= 15 is 0 Å². The lowest BCUT2D eigenvalue weighted by molar-refractivity contribution is -0.345. The smallest absolute Gasteiger partial charge is 0.408 e. The normalized spacial score (nSPS) is 38.1. The first kappa shape index (κ1) is 36.1. The number of Topliss-reactive ketones (excluding diaryl/α,β-unsaturated/α-hetero) is 1. The summed E-state index contributed by atoms with van der Waals surface area (Å²) in [7, 11) is 0. The fraction of sp³-hybridized carbons (Fsp3) is 0.636. The second-order valence-electron chi connectivity index (χ2n) is 13.8. The summed E-state index contributed by atoms with van der Waals surface area (Å²) in [4.78, 5) is 53.5. The maximum absolute atomic E-state index is 14.4. The van der Waals surface area contributed by atoms with E-state index in [1.165, 1.54) is 33.8 Å². The van der Waals surface area contributed by atoms with E-state index in [9.17, 15) is 44.7 Å². The second-order valence-corrected chi connectivity index (χ2v) is 14.8. The number of aliphatic hydroxyl groups is 5. The maximum Gasteiger partial charge on any atom is 0.408 e. The predicted octanol–water partition coefficient (Wildman–Crippen LogP) is 0.844. The molecule has 0 aromatic carbocycles. The summed E-state index contributed by atoms with van der Waals surface area (Å²) < 4.78 is 22.1. The molecule has 11 atom stereocenters. The molecule has 6 N–H and O–H groups in total. The number of hydrogen-bond acceptors (Lipinski definition) is 14. The number of alkyl carbamates (subject to hydrolysis) is 1. The molecule has 0 unspecified atom stereocenters. The number of esters is 2. The Bertz CT molecular complexity index is 1510. The number of carbonyl (C=O) groups excluding carboxylic acids is 4. The van der Waals surface area contributed by atoms with Crippen molar-refractivity contribution in [3.05, 3.63) is 46.2 Å². The van der Waals surface area contributed by atoms with Crippen molar-refractivity contribution in [2.75, 3.05) is 13.2 Å². The van der Waals surface area contributed by atoms with Crippen LogP contribution in [0.2, 0.25) is 0 Å². The van der Waals surface area contributed by atoms with E-state index in [1.54, 1.807) is 17.5 Å². The highest BCUT2D eigenvalue weighted by Crippen LogP contribution is 2.63. The van der Waals surface area contributed by atoms with Crippen LogP contribution in [0.3, 0.4) is 0 Å². The molecule has 2 heterocycles. The van der Waals surface area contributed by atoms with Crippen LogP contribution in [0.1, 0.15) is 58.4 Å². The van der Waals surface area contributed by atoms with Crippen LogP contribution in [0, 0.1) is 16.7 Å². The number of ether oxygens (including phenoxy) is 4. The highest BCUT2D eigenvalue weighted by atomic mass is 32.1. The van der Waals surface area contributed by atoms with Crippen molar-refractivity contribution in [2.24, 2.45) is 16.7 Å². The second kappa shape index (κ2) is 12.6. The van der Waals surface area contributed by atoms with Crippen molar-refractivity contribution in [3.8, 4) is 0 Å². The van der Waals surface area contributed by atoms with E-state index in [4.69, 9.17) is 18.9 Å². The molecule has 1 aromatic heterocycles. The molecule has 14 nitrogen and oxygen atoms in total. The van der Waals surface area contributed by atoms with Crippen LogP contribution in [0.25, 0.3) is 0 Å². The molecule has 0 spiro atoms. The molecule has 3 aliphatic carbocycles. The summed E-state index contributed by atoms with van der Waals surface area (Å²) in [6.45, 7) is 10.1. The van der Waals surface area contributed by atoms with Gasteiger partial charge in [-0.3, -0.25) is 9.59 Å². The molecule has 48 heavy (non-hydrogen) atoms. The molecule has 3 fully saturated rings. The highest BCUT2D eigenvalue weighted by molar-refractivity contribution is 7.10. The van der Waals surface area contributed by atoms with Gasteiger partial charge in [0.25, 0.3) is 0 Å². The van der Waals surface area contributed by atoms with Crippen molar-refractivity contribution in [1.82, 2.24) is 5.32 Å². The molecular weight excluding hydrogens is 650 g/mol. The topological polar surface area (TPSA) is 218 Å². The van der Waals surface area contributed by atoms with E-state index in [2.05, 4.69) is 11.9 Å². The Morgan fingerprint density at radius 3 is 2.46 bits per heavy atom. The van der Waals surface area contributed by atoms with E-state index in [1.807, 2.05) is 0 Å². The first-order chi connectivity index (χ1) is 22.4. The zero-order chi connectivity index (χ0) is 35.6. The zero-order valence-electron chi connectivity index (χ0n) is 27.4. The SMILES string of the molecule is C=CCOC(=O)N[C@@H](c1cccs1)[C@@H](O)C(=O)O[C@H]1C[C@@]2(O)[C@@H](OC(C)=O)[C@@H]3[C@]4(O)CO[C@@H]4C[C@H](O)[C@@]3(C)C(=O)[C@H](O)C(=C1C)C2(C)C. The minimum absolute atomic E-state index is 0.0301.